The molecular formula is C20H20N4O5S2. The third-order valence-electron chi connectivity index (χ3n) is 3.94. The molecule has 0 fully saturated rings. The van der Waals surface area contributed by atoms with Crippen LogP contribution in [0.2, 0.25) is 0 Å². The summed E-state index contributed by atoms with van der Waals surface area (Å²) in [4.78, 5) is 36.6. The van der Waals surface area contributed by atoms with Crippen LogP contribution in [0.1, 0.15) is 39.2 Å². The van der Waals surface area contributed by atoms with E-state index >= 15 is 0 Å². The Morgan fingerprint density at radius 3 is 2.61 bits per heavy atom. The molecule has 0 unspecified atom stereocenters. The number of carbonyl (C=O) groups is 3. The number of amides is 2. The van der Waals surface area contributed by atoms with Crippen molar-refractivity contribution in [2.45, 2.75) is 25.1 Å². The van der Waals surface area contributed by atoms with Gasteiger partial charge < -0.3 is 14.5 Å². The van der Waals surface area contributed by atoms with Crippen LogP contribution in [-0.2, 0) is 9.53 Å². The molecule has 162 valence electrons. The Morgan fingerprint density at radius 2 is 1.90 bits per heavy atom. The zero-order valence-corrected chi connectivity index (χ0v) is 18.7. The second-order valence-corrected chi connectivity index (χ2v) is 8.46. The lowest BCUT2D eigenvalue weighted by Gasteiger charge is -2.09. The maximum atomic E-state index is 12.3. The maximum Gasteiger partial charge on any atom is 0.340 e. The minimum atomic E-state index is -0.501. The fourth-order valence-corrected chi connectivity index (χ4v) is 4.18. The predicted octanol–water partition coefficient (Wildman–Crippen LogP) is 3.91. The molecule has 2 heterocycles. The molecule has 0 aliphatic heterocycles. The number of nitrogens with one attached hydrogen (secondary N) is 2. The fraction of sp³-hybridized carbons (Fsp3) is 0.250. The molecular weight excluding hydrogens is 440 g/mol. The SMILES string of the molecule is CCOC(=O)c1ccccc1NC(=O)CSc1nnc(NC(=O)c2cc(C)oc2C)s1. The summed E-state index contributed by atoms with van der Waals surface area (Å²) in [6, 6.07) is 8.28. The van der Waals surface area contributed by atoms with Crippen LogP contribution in [0, 0.1) is 13.8 Å². The van der Waals surface area contributed by atoms with Crippen molar-refractivity contribution in [1.29, 1.82) is 0 Å². The Hall–Kier alpha value is -3.18. The number of benzene rings is 1. The molecule has 2 aromatic heterocycles. The second-order valence-electron chi connectivity index (χ2n) is 6.26. The van der Waals surface area contributed by atoms with E-state index in [0.29, 0.717) is 32.2 Å². The van der Waals surface area contributed by atoms with Gasteiger partial charge in [0.2, 0.25) is 11.0 Å². The van der Waals surface area contributed by atoms with Crippen LogP contribution in [-0.4, -0.2) is 40.3 Å². The number of para-hydroxylation sites is 1. The lowest BCUT2D eigenvalue weighted by Crippen LogP contribution is -2.17. The molecule has 2 N–H and O–H groups in total. The van der Waals surface area contributed by atoms with Gasteiger partial charge in [0.1, 0.15) is 11.5 Å². The number of furan rings is 1. The Labute approximate surface area is 186 Å². The van der Waals surface area contributed by atoms with Crippen molar-refractivity contribution in [3.8, 4) is 0 Å². The van der Waals surface area contributed by atoms with Gasteiger partial charge in [-0.2, -0.15) is 0 Å². The zero-order chi connectivity index (χ0) is 22.4. The van der Waals surface area contributed by atoms with Crippen LogP contribution in [0.4, 0.5) is 10.8 Å². The van der Waals surface area contributed by atoms with E-state index in [0.717, 1.165) is 11.3 Å². The summed E-state index contributed by atoms with van der Waals surface area (Å²) in [6.07, 6.45) is 0. The Balaban J connectivity index is 1.55. The Kier molecular flexibility index (Phi) is 7.42. The maximum absolute atomic E-state index is 12.3. The van der Waals surface area contributed by atoms with E-state index in [-0.39, 0.29) is 29.7 Å². The molecule has 11 heteroatoms. The average molecular weight is 461 g/mol. The van der Waals surface area contributed by atoms with Gasteiger partial charge in [0.25, 0.3) is 5.91 Å². The average Bonchev–Trinajstić information content (AvgIpc) is 3.32. The van der Waals surface area contributed by atoms with Gasteiger partial charge in [0.05, 0.1) is 29.2 Å². The van der Waals surface area contributed by atoms with E-state index in [1.165, 1.54) is 11.8 Å². The first-order valence-corrected chi connectivity index (χ1v) is 11.1. The van der Waals surface area contributed by atoms with Crippen molar-refractivity contribution in [1.82, 2.24) is 10.2 Å². The molecule has 1 aromatic carbocycles. The van der Waals surface area contributed by atoms with E-state index in [4.69, 9.17) is 9.15 Å². The number of rotatable bonds is 8. The summed E-state index contributed by atoms with van der Waals surface area (Å²) in [6.45, 7) is 5.43. The van der Waals surface area contributed by atoms with Gasteiger partial charge in [-0.05, 0) is 39.0 Å². The van der Waals surface area contributed by atoms with Crippen molar-refractivity contribution < 1.29 is 23.5 Å². The Bertz CT molecular complexity index is 1110. The van der Waals surface area contributed by atoms with Crippen LogP contribution < -0.4 is 10.6 Å². The number of anilines is 2. The number of nitrogens with zero attached hydrogens (tertiary/aromatic N) is 2. The molecule has 3 aromatic rings. The topological polar surface area (TPSA) is 123 Å². The number of aryl methyl sites for hydroxylation is 2. The summed E-state index contributed by atoms with van der Waals surface area (Å²) in [7, 11) is 0. The predicted molar refractivity (Wildman–Crippen MR) is 118 cm³/mol. The number of carbonyl (C=O) groups excluding carboxylic acids is 3. The molecule has 3 rings (SSSR count). The highest BCUT2D eigenvalue weighted by Crippen LogP contribution is 2.27. The Morgan fingerprint density at radius 1 is 1.13 bits per heavy atom. The van der Waals surface area contributed by atoms with E-state index in [2.05, 4.69) is 20.8 Å². The second kappa shape index (κ2) is 10.2. The molecule has 0 atom stereocenters. The van der Waals surface area contributed by atoms with Gasteiger partial charge in [-0.25, -0.2) is 4.79 Å². The zero-order valence-electron chi connectivity index (χ0n) is 17.1. The van der Waals surface area contributed by atoms with Gasteiger partial charge in [-0.1, -0.05) is 35.2 Å². The van der Waals surface area contributed by atoms with Crippen LogP contribution in [0.15, 0.2) is 39.1 Å². The molecule has 0 radical (unpaired) electrons. The summed E-state index contributed by atoms with van der Waals surface area (Å²) >= 11 is 2.33. The molecule has 0 aliphatic rings. The normalized spacial score (nSPS) is 10.5. The number of hydrogen-bond acceptors (Lipinski definition) is 9. The largest absolute Gasteiger partial charge is 0.466 e. The number of hydrogen-bond donors (Lipinski definition) is 2. The van der Waals surface area contributed by atoms with E-state index < -0.39 is 5.97 Å². The highest BCUT2D eigenvalue weighted by molar-refractivity contribution is 8.01. The highest BCUT2D eigenvalue weighted by atomic mass is 32.2. The number of thioether (sulfide) groups is 1. The molecule has 2 amide bonds. The molecule has 0 saturated carbocycles. The van der Waals surface area contributed by atoms with Gasteiger partial charge in [-0.15, -0.1) is 10.2 Å². The first kappa shape index (κ1) is 22.5. The first-order chi connectivity index (χ1) is 14.9. The van der Waals surface area contributed by atoms with Gasteiger partial charge in [0.15, 0.2) is 4.34 Å². The molecule has 31 heavy (non-hydrogen) atoms. The first-order valence-electron chi connectivity index (χ1n) is 9.28. The number of aromatic nitrogens is 2. The third-order valence-corrected chi connectivity index (χ3v) is 5.91. The van der Waals surface area contributed by atoms with Crippen molar-refractivity contribution in [2.75, 3.05) is 23.0 Å². The fourth-order valence-electron chi connectivity index (χ4n) is 2.63. The van der Waals surface area contributed by atoms with Crippen LogP contribution in [0.3, 0.4) is 0 Å². The standard InChI is InChI=1S/C20H20N4O5S2/c1-4-28-18(27)13-7-5-6-8-15(13)21-16(25)10-30-20-24-23-19(31-20)22-17(26)14-9-11(2)29-12(14)3/h5-9H,4,10H2,1-3H3,(H,21,25)(H,22,23,26). The summed E-state index contributed by atoms with van der Waals surface area (Å²) < 4.78 is 10.9. The lowest BCUT2D eigenvalue weighted by atomic mass is 10.2. The van der Waals surface area contributed by atoms with Crippen molar-refractivity contribution in [3.63, 3.8) is 0 Å². The van der Waals surface area contributed by atoms with Crippen LogP contribution in [0.5, 0.6) is 0 Å². The minimum Gasteiger partial charge on any atom is -0.466 e. The third kappa shape index (κ3) is 5.92. The minimum absolute atomic E-state index is 0.0553. The number of ether oxygens (including phenoxy) is 1. The van der Waals surface area contributed by atoms with Crippen molar-refractivity contribution in [2.24, 2.45) is 0 Å². The monoisotopic (exact) mass is 460 g/mol. The number of esters is 1. The van der Waals surface area contributed by atoms with E-state index in [1.54, 1.807) is 51.1 Å². The van der Waals surface area contributed by atoms with E-state index in [1.807, 2.05) is 0 Å². The molecule has 9 nitrogen and oxygen atoms in total. The van der Waals surface area contributed by atoms with Crippen molar-refractivity contribution >= 4 is 51.7 Å². The smallest absolute Gasteiger partial charge is 0.340 e. The van der Waals surface area contributed by atoms with Crippen molar-refractivity contribution in [3.05, 3.63) is 53.0 Å². The molecule has 0 spiro atoms. The quantitative estimate of drug-likeness (QED) is 0.295. The van der Waals surface area contributed by atoms with Crippen LogP contribution in [0.25, 0.3) is 0 Å². The van der Waals surface area contributed by atoms with Crippen LogP contribution >= 0.6 is 23.1 Å². The highest BCUT2D eigenvalue weighted by Gasteiger charge is 2.17. The summed E-state index contributed by atoms with van der Waals surface area (Å²) in [5.74, 6) is 0.0707. The summed E-state index contributed by atoms with van der Waals surface area (Å²) in [5.41, 5.74) is 1.09. The van der Waals surface area contributed by atoms with Gasteiger partial charge in [0, 0.05) is 0 Å². The molecule has 0 bridgehead atoms. The molecule has 0 aliphatic carbocycles. The van der Waals surface area contributed by atoms with Gasteiger partial charge in [-0.3, -0.25) is 14.9 Å². The summed E-state index contributed by atoms with van der Waals surface area (Å²) in [5, 5.41) is 13.6. The van der Waals surface area contributed by atoms with Gasteiger partial charge >= 0.3 is 5.97 Å². The van der Waals surface area contributed by atoms with E-state index in [9.17, 15) is 14.4 Å². The lowest BCUT2D eigenvalue weighted by molar-refractivity contribution is -0.113. The molecule has 0 saturated heterocycles.